The van der Waals surface area contributed by atoms with E-state index in [0.717, 1.165) is 5.56 Å². The van der Waals surface area contributed by atoms with Gasteiger partial charge in [0.15, 0.2) is 0 Å². The third-order valence-electron chi connectivity index (χ3n) is 4.79. The average molecular weight is 438 g/mol. The Kier molecular flexibility index (Phi) is 6.41. The molecule has 3 aromatic carbocycles. The van der Waals surface area contributed by atoms with Crippen LogP contribution in [0.4, 0.5) is 5.69 Å². The van der Waals surface area contributed by atoms with Crippen molar-refractivity contribution < 1.29 is 18.3 Å². The van der Waals surface area contributed by atoms with Gasteiger partial charge in [-0.15, -0.1) is 0 Å². The molecule has 0 radical (unpaired) electrons. The zero-order chi connectivity index (χ0) is 22.6. The number of phenols is 1. The number of carbonyl (C=O) groups is 1. The van der Waals surface area contributed by atoms with E-state index in [9.17, 15) is 18.3 Å². The first-order valence-corrected chi connectivity index (χ1v) is 10.9. The molecule has 0 atom stereocenters. The van der Waals surface area contributed by atoms with E-state index >= 15 is 0 Å². The minimum absolute atomic E-state index is 0.0696. The number of hydrazone groups is 1. The molecule has 0 saturated carbocycles. The minimum atomic E-state index is -3.71. The lowest BCUT2D eigenvalue weighted by Crippen LogP contribution is -2.26. The van der Waals surface area contributed by atoms with Gasteiger partial charge in [0.25, 0.3) is 15.9 Å². The maximum atomic E-state index is 12.8. The zero-order valence-electron chi connectivity index (χ0n) is 17.4. The van der Waals surface area contributed by atoms with Crippen LogP contribution in [0.2, 0.25) is 0 Å². The molecule has 0 spiro atoms. The predicted molar refractivity (Wildman–Crippen MR) is 121 cm³/mol. The van der Waals surface area contributed by atoms with E-state index in [4.69, 9.17) is 0 Å². The maximum Gasteiger partial charge on any atom is 0.271 e. The molecular formula is C23H23N3O4S. The molecular weight excluding hydrogens is 414 g/mol. The van der Waals surface area contributed by atoms with Crippen molar-refractivity contribution in [3.05, 3.63) is 89.5 Å². The molecule has 3 rings (SSSR count). The first-order chi connectivity index (χ1) is 14.7. The quantitative estimate of drug-likeness (QED) is 0.454. The number of para-hydroxylation sites is 1. The van der Waals surface area contributed by atoms with Gasteiger partial charge in [-0.05, 0) is 62.4 Å². The molecule has 0 aliphatic heterocycles. The van der Waals surface area contributed by atoms with E-state index in [1.807, 2.05) is 6.92 Å². The molecule has 31 heavy (non-hydrogen) atoms. The first-order valence-electron chi connectivity index (χ1n) is 9.49. The number of phenolic OH excluding ortho intramolecular Hbond substituents is 1. The molecule has 160 valence electrons. The molecule has 0 bridgehead atoms. The normalized spacial score (nSPS) is 11.8. The summed E-state index contributed by atoms with van der Waals surface area (Å²) in [6.07, 6.45) is 0. The molecule has 0 aliphatic rings. The Morgan fingerprint density at radius 1 is 0.968 bits per heavy atom. The SMILES string of the molecule is C/C(=N/NC(=O)c1ccc(N(C)S(=O)(=O)c2ccc(C)cc2)cc1)c1ccccc1O. The molecule has 0 heterocycles. The molecule has 3 aromatic rings. The Morgan fingerprint density at radius 3 is 2.19 bits per heavy atom. The highest BCUT2D eigenvalue weighted by Gasteiger charge is 2.21. The Balaban J connectivity index is 1.73. The third-order valence-corrected chi connectivity index (χ3v) is 6.59. The number of nitrogens with one attached hydrogen (secondary N) is 1. The number of anilines is 1. The highest BCUT2D eigenvalue weighted by atomic mass is 32.2. The monoisotopic (exact) mass is 437 g/mol. The number of aromatic hydroxyl groups is 1. The summed E-state index contributed by atoms with van der Waals surface area (Å²) in [5.74, 6) is -0.384. The second-order valence-corrected chi connectivity index (χ2v) is 8.96. The fourth-order valence-corrected chi connectivity index (χ4v) is 4.06. The Morgan fingerprint density at radius 2 is 1.58 bits per heavy atom. The maximum absolute atomic E-state index is 12.8. The van der Waals surface area contributed by atoms with Crippen LogP contribution in [-0.2, 0) is 10.0 Å². The molecule has 0 aromatic heterocycles. The lowest BCUT2D eigenvalue weighted by Gasteiger charge is -2.19. The predicted octanol–water partition coefficient (Wildman–Crippen LogP) is 3.68. The summed E-state index contributed by atoms with van der Waals surface area (Å²) in [6.45, 7) is 3.56. The summed E-state index contributed by atoms with van der Waals surface area (Å²) in [6, 6.07) is 19.5. The number of hydrogen-bond acceptors (Lipinski definition) is 5. The molecule has 0 aliphatic carbocycles. The van der Waals surface area contributed by atoms with Crippen LogP contribution in [0.5, 0.6) is 5.75 Å². The number of nitrogens with zero attached hydrogens (tertiary/aromatic N) is 2. The van der Waals surface area contributed by atoms with Crippen LogP contribution in [0.15, 0.2) is 82.8 Å². The van der Waals surface area contributed by atoms with Gasteiger partial charge in [0.2, 0.25) is 0 Å². The number of aryl methyl sites for hydroxylation is 1. The summed E-state index contributed by atoms with van der Waals surface area (Å²) >= 11 is 0. The van der Waals surface area contributed by atoms with Gasteiger partial charge in [0, 0.05) is 18.2 Å². The highest BCUT2D eigenvalue weighted by Crippen LogP contribution is 2.23. The van der Waals surface area contributed by atoms with Crippen molar-refractivity contribution >= 4 is 27.3 Å². The Bertz CT molecular complexity index is 1220. The van der Waals surface area contributed by atoms with Crippen molar-refractivity contribution in [1.29, 1.82) is 0 Å². The van der Waals surface area contributed by atoms with Gasteiger partial charge >= 0.3 is 0 Å². The van der Waals surface area contributed by atoms with Gasteiger partial charge in [-0.1, -0.05) is 29.8 Å². The van der Waals surface area contributed by atoms with Gasteiger partial charge in [-0.25, -0.2) is 13.8 Å². The lowest BCUT2D eigenvalue weighted by molar-refractivity contribution is 0.0955. The number of amides is 1. The van der Waals surface area contributed by atoms with Crippen LogP contribution < -0.4 is 9.73 Å². The topological polar surface area (TPSA) is 99.1 Å². The van der Waals surface area contributed by atoms with Gasteiger partial charge in [0.05, 0.1) is 16.3 Å². The standard InChI is InChI=1S/C23H23N3O4S/c1-16-8-14-20(15-9-16)31(29,30)26(3)19-12-10-18(11-13-19)23(28)25-24-17(2)21-6-4-5-7-22(21)27/h4-15,27H,1-3H3,(H,25,28)/b24-17-. The van der Waals surface area contributed by atoms with Crippen LogP contribution in [0.1, 0.15) is 28.4 Å². The molecule has 7 nitrogen and oxygen atoms in total. The Hall–Kier alpha value is -3.65. The van der Waals surface area contributed by atoms with Crippen molar-refractivity contribution in [1.82, 2.24) is 5.43 Å². The highest BCUT2D eigenvalue weighted by molar-refractivity contribution is 7.92. The molecule has 0 saturated heterocycles. The Labute approximate surface area is 181 Å². The van der Waals surface area contributed by atoms with Gasteiger partial charge in [-0.2, -0.15) is 5.10 Å². The zero-order valence-corrected chi connectivity index (χ0v) is 18.2. The fraction of sp³-hybridized carbons (Fsp3) is 0.130. The van der Waals surface area contributed by atoms with E-state index in [-0.39, 0.29) is 10.6 Å². The van der Waals surface area contributed by atoms with E-state index < -0.39 is 15.9 Å². The molecule has 8 heteroatoms. The summed E-state index contributed by atoms with van der Waals surface area (Å²) < 4.78 is 26.8. The average Bonchev–Trinajstić information content (AvgIpc) is 2.77. The largest absolute Gasteiger partial charge is 0.507 e. The summed E-state index contributed by atoms with van der Waals surface area (Å²) in [7, 11) is -2.25. The summed E-state index contributed by atoms with van der Waals surface area (Å²) in [5.41, 5.74) is 5.12. The molecule has 1 amide bonds. The van der Waals surface area contributed by atoms with E-state index in [2.05, 4.69) is 10.5 Å². The van der Waals surface area contributed by atoms with Gasteiger partial charge in [0.1, 0.15) is 5.75 Å². The second kappa shape index (κ2) is 9.01. The first kappa shape index (κ1) is 22.0. The number of benzene rings is 3. The number of hydrogen-bond donors (Lipinski definition) is 2. The molecule has 0 fully saturated rings. The van der Waals surface area contributed by atoms with Gasteiger partial charge < -0.3 is 5.11 Å². The van der Waals surface area contributed by atoms with Crippen LogP contribution in [-0.4, -0.2) is 32.2 Å². The third kappa shape index (κ3) is 4.92. The van der Waals surface area contributed by atoms with Crippen molar-refractivity contribution in [2.75, 3.05) is 11.4 Å². The molecule has 0 unspecified atom stereocenters. The van der Waals surface area contributed by atoms with Crippen molar-refractivity contribution in [3.63, 3.8) is 0 Å². The summed E-state index contributed by atoms with van der Waals surface area (Å²) in [5, 5.41) is 13.9. The number of carbonyl (C=O) groups excluding carboxylic acids is 1. The van der Waals surface area contributed by atoms with Crippen molar-refractivity contribution in [2.45, 2.75) is 18.7 Å². The van der Waals surface area contributed by atoms with E-state index in [0.29, 0.717) is 22.5 Å². The van der Waals surface area contributed by atoms with E-state index in [1.165, 1.54) is 29.6 Å². The van der Waals surface area contributed by atoms with E-state index in [1.54, 1.807) is 61.5 Å². The van der Waals surface area contributed by atoms with Crippen molar-refractivity contribution in [3.8, 4) is 5.75 Å². The van der Waals surface area contributed by atoms with Crippen LogP contribution in [0, 0.1) is 6.92 Å². The number of sulfonamides is 1. The van der Waals surface area contributed by atoms with Crippen LogP contribution >= 0.6 is 0 Å². The molecule has 2 N–H and O–H groups in total. The van der Waals surface area contributed by atoms with Crippen LogP contribution in [0.3, 0.4) is 0 Å². The van der Waals surface area contributed by atoms with Crippen LogP contribution in [0.25, 0.3) is 0 Å². The second-order valence-electron chi connectivity index (χ2n) is 6.99. The fourth-order valence-electron chi connectivity index (χ4n) is 2.87. The smallest absolute Gasteiger partial charge is 0.271 e. The van der Waals surface area contributed by atoms with Crippen molar-refractivity contribution in [2.24, 2.45) is 5.10 Å². The minimum Gasteiger partial charge on any atom is -0.507 e. The lowest BCUT2D eigenvalue weighted by atomic mass is 10.1. The number of rotatable bonds is 6. The summed E-state index contributed by atoms with van der Waals surface area (Å²) in [4.78, 5) is 12.6. The van der Waals surface area contributed by atoms with Gasteiger partial charge in [-0.3, -0.25) is 9.10 Å².